The van der Waals surface area contributed by atoms with Crippen LogP contribution in [0.4, 0.5) is 0 Å². The van der Waals surface area contributed by atoms with Gasteiger partial charge in [0.2, 0.25) is 0 Å². The first kappa shape index (κ1) is 11.7. The van der Waals surface area contributed by atoms with E-state index in [9.17, 15) is 0 Å². The molecule has 86 valence electrons. The molecule has 3 nitrogen and oxygen atoms in total. The molecule has 0 radical (unpaired) electrons. The van der Waals surface area contributed by atoms with Crippen LogP contribution in [-0.2, 0) is 0 Å². The summed E-state index contributed by atoms with van der Waals surface area (Å²) in [5.41, 5.74) is 8.17. The van der Waals surface area contributed by atoms with Gasteiger partial charge in [-0.25, -0.2) is 9.97 Å². The molecule has 1 unspecified atom stereocenters. The molecule has 5 heteroatoms. The maximum absolute atomic E-state index is 6.14. The van der Waals surface area contributed by atoms with Crippen molar-refractivity contribution >= 4 is 22.7 Å². The standard InChI is InChI=1S/C11H15N3S2/c1-6(2)8-4-16-11(14-8)10(12)9-5-15-7(3)13-9/h4-6,10H,12H2,1-3H3. The Bertz CT molecular complexity index is 473. The van der Waals surface area contributed by atoms with E-state index in [4.69, 9.17) is 5.73 Å². The predicted octanol–water partition coefficient (Wildman–Crippen LogP) is 3.08. The Morgan fingerprint density at radius 3 is 2.31 bits per heavy atom. The van der Waals surface area contributed by atoms with Crippen molar-refractivity contribution < 1.29 is 0 Å². The second-order valence-corrected chi connectivity index (χ2v) is 5.99. The van der Waals surface area contributed by atoms with Gasteiger partial charge < -0.3 is 5.73 Å². The van der Waals surface area contributed by atoms with E-state index in [0.717, 1.165) is 21.4 Å². The molecule has 2 aromatic heterocycles. The maximum atomic E-state index is 6.14. The lowest BCUT2D eigenvalue weighted by molar-refractivity contribution is 0.783. The molecule has 1 atom stereocenters. The van der Waals surface area contributed by atoms with Crippen molar-refractivity contribution in [3.05, 3.63) is 32.2 Å². The molecule has 0 aromatic carbocycles. The Kier molecular flexibility index (Phi) is 3.37. The molecule has 0 aliphatic carbocycles. The fourth-order valence-electron chi connectivity index (χ4n) is 1.36. The number of rotatable bonds is 3. The highest BCUT2D eigenvalue weighted by molar-refractivity contribution is 7.10. The molecule has 0 amide bonds. The van der Waals surface area contributed by atoms with Crippen molar-refractivity contribution in [2.75, 3.05) is 0 Å². The number of hydrogen-bond donors (Lipinski definition) is 1. The molecular formula is C11H15N3S2. The fourth-order valence-corrected chi connectivity index (χ4v) is 3.00. The zero-order valence-corrected chi connectivity index (χ0v) is 11.2. The van der Waals surface area contributed by atoms with Crippen molar-refractivity contribution in [3.63, 3.8) is 0 Å². The van der Waals surface area contributed by atoms with E-state index in [1.807, 2.05) is 12.3 Å². The smallest absolute Gasteiger partial charge is 0.116 e. The average Bonchev–Trinajstić information content (AvgIpc) is 2.84. The van der Waals surface area contributed by atoms with E-state index in [1.54, 1.807) is 22.7 Å². The molecule has 0 fully saturated rings. The summed E-state index contributed by atoms with van der Waals surface area (Å²) in [4.78, 5) is 8.95. The van der Waals surface area contributed by atoms with Gasteiger partial charge in [0.1, 0.15) is 11.0 Å². The van der Waals surface area contributed by atoms with Gasteiger partial charge in [-0.2, -0.15) is 0 Å². The van der Waals surface area contributed by atoms with Crippen LogP contribution in [0.5, 0.6) is 0 Å². The molecule has 0 bridgehead atoms. The second kappa shape index (κ2) is 4.61. The van der Waals surface area contributed by atoms with Gasteiger partial charge in [-0.15, -0.1) is 22.7 Å². The highest BCUT2D eigenvalue weighted by atomic mass is 32.1. The molecule has 0 aliphatic heterocycles. The molecule has 0 aliphatic rings. The van der Waals surface area contributed by atoms with E-state index in [-0.39, 0.29) is 6.04 Å². The van der Waals surface area contributed by atoms with Crippen molar-refractivity contribution in [1.82, 2.24) is 9.97 Å². The molecule has 0 saturated heterocycles. The predicted molar refractivity (Wildman–Crippen MR) is 69.1 cm³/mol. The van der Waals surface area contributed by atoms with Gasteiger partial charge in [0, 0.05) is 10.8 Å². The first-order valence-corrected chi connectivity index (χ1v) is 6.96. The maximum Gasteiger partial charge on any atom is 0.116 e. The van der Waals surface area contributed by atoms with Crippen LogP contribution in [0.15, 0.2) is 10.8 Å². The molecule has 16 heavy (non-hydrogen) atoms. The third kappa shape index (κ3) is 2.31. The van der Waals surface area contributed by atoms with E-state index in [2.05, 4.69) is 29.2 Å². The molecule has 0 spiro atoms. The summed E-state index contributed by atoms with van der Waals surface area (Å²) in [6.45, 7) is 6.26. The van der Waals surface area contributed by atoms with Gasteiger partial charge >= 0.3 is 0 Å². The van der Waals surface area contributed by atoms with E-state index in [0.29, 0.717) is 5.92 Å². The fraction of sp³-hybridized carbons (Fsp3) is 0.455. The number of aromatic nitrogens is 2. The highest BCUT2D eigenvalue weighted by Crippen LogP contribution is 2.26. The third-order valence-corrected chi connectivity index (χ3v) is 4.09. The number of thiazole rings is 2. The van der Waals surface area contributed by atoms with Crippen LogP contribution in [0.3, 0.4) is 0 Å². The summed E-state index contributed by atoms with van der Waals surface area (Å²) in [6.07, 6.45) is 0. The zero-order valence-electron chi connectivity index (χ0n) is 9.60. The van der Waals surface area contributed by atoms with Gasteiger partial charge in [-0.1, -0.05) is 13.8 Å². The lowest BCUT2D eigenvalue weighted by Gasteiger charge is -2.04. The van der Waals surface area contributed by atoms with Crippen LogP contribution < -0.4 is 5.73 Å². The van der Waals surface area contributed by atoms with Crippen LogP contribution in [0.2, 0.25) is 0 Å². The van der Waals surface area contributed by atoms with Crippen molar-refractivity contribution in [2.24, 2.45) is 5.73 Å². The van der Waals surface area contributed by atoms with Crippen LogP contribution in [0.1, 0.15) is 47.2 Å². The van der Waals surface area contributed by atoms with Crippen molar-refractivity contribution in [3.8, 4) is 0 Å². The molecular weight excluding hydrogens is 238 g/mol. The van der Waals surface area contributed by atoms with Crippen molar-refractivity contribution in [2.45, 2.75) is 32.7 Å². The van der Waals surface area contributed by atoms with Gasteiger partial charge in [0.05, 0.1) is 16.4 Å². The second-order valence-electron chi connectivity index (χ2n) is 4.03. The summed E-state index contributed by atoms with van der Waals surface area (Å²) in [7, 11) is 0. The van der Waals surface area contributed by atoms with Crippen LogP contribution in [-0.4, -0.2) is 9.97 Å². The van der Waals surface area contributed by atoms with Gasteiger partial charge in [-0.05, 0) is 12.8 Å². The van der Waals surface area contributed by atoms with Gasteiger partial charge in [0.15, 0.2) is 0 Å². The Morgan fingerprint density at radius 2 is 1.81 bits per heavy atom. The first-order valence-electron chi connectivity index (χ1n) is 5.21. The molecule has 2 heterocycles. The summed E-state index contributed by atoms with van der Waals surface area (Å²) < 4.78 is 0. The quantitative estimate of drug-likeness (QED) is 0.914. The van der Waals surface area contributed by atoms with Crippen molar-refractivity contribution in [1.29, 1.82) is 0 Å². The first-order chi connectivity index (χ1) is 7.58. The number of nitrogens with zero attached hydrogens (tertiary/aromatic N) is 2. The van der Waals surface area contributed by atoms with Crippen LogP contribution in [0.25, 0.3) is 0 Å². The summed E-state index contributed by atoms with van der Waals surface area (Å²) in [5.74, 6) is 0.453. The monoisotopic (exact) mass is 253 g/mol. The lowest BCUT2D eigenvalue weighted by atomic mass is 10.2. The molecule has 0 saturated carbocycles. The number of aryl methyl sites for hydroxylation is 1. The number of nitrogens with two attached hydrogens (primary N) is 1. The Balaban J connectivity index is 2.23. The largest absolute Gasteiger partial charge is 0.317 e. The Labute approximate surface area is 103 Å². The summed E-state index contributed by atoms with van der Waals surface area (Å²) in [6, 6.07) is -0.178. The van der Waals surface area contributed by atoms with Crippen LogP contribution >= 0.6 is 22.7 Å². The van der Waals surface area contributed by atoms with Gasteiger partial charge in [-0.3, -0.25) is 0 Å². The van der Waals surface area contributed by atoms with E-state index in [1.165, 1.54) is 0 Å². The highest BCUT2D eigenvalue weighted by Gasteiger charge is 2.16. The Hall–Kier alpha value is -0.780. The minimum Gasteiger partial charge on any atom is -0.317 e. The average molecular weight is 253 g/mol. The minimum absolute atomic E-state index is 0.178. The zero-order chi connectivity index (χ0) is 11.7. The molecule has 2 aromatic rings. The Morgan fingerprint density at radius 1 is 1.12 bits per heavy atom. The van der Waals surface area contributed by atoms with E-state index < -0.39 is 0 Å². The minimum atomic E-state index is -0.178. The SMILES string of the molecule is Cc1nc(C(N)c2nc(C(C)C)cs2)cs1. The molecule has 2 rings (SSSR count). The third-order valence-electron chi connectivity index (χ3n) is 2.35. The molecule has 2 N–H and O–H groups in total. The topological polar surface area (TPSA) is 51.8 Å². The summed E-state index contributed by atoms with van der Waals surface area (Å²) in [5, 5.41) is 6.09. The summed E-state index contributed by atoms with van der Waals surface area (Å²) >= 11 is 3.24. The van der Waals surface area contributed by atoms with Crippen LogP contribution in [0, 0.1) is 6.92 Å². The number of hydrogen-bond acceptors (Lipinski definition) is 5. The normalized spacial score (nSPS) is 13.3. The van der Waals surface area contributed by atoms with Gasteiger partial charge in [0.25, 0.3) is 0 Å². The lowest BCUT2D eigenvalue weighted by Crippen LogP contribution is -2.12. The van der Waals surface area contributed by atoms with E-state index >= 15 is 0 Å².